The van der Waals surface area contributed by atoms with Crippen molar-refractivity contribution in [2.75, 3.05) is 18.6 Å². The van der Waals surface area contributed by atoms with Crippen LogP contribution < -0.4 is 10.6 Å². The summed E-state index contributed by atoms with van der Waals surface area (Å²) in [6.45, 7) is 0. The van der Waals surface area contributed by atoms with Gasteiger partial charge in [0.05, 0.1) is 4.90 Å². The van der Waals surface area contributed by atoms with E-state index in [2.05, 4.69) is 10.6 Å². The first kappa shape index (κ1) is 16.7. The van der Waals surface area contributed by atoms with Gasteiger partial charge in [-0.1, -0.05) is 12.1 Å². The van der Waals surface area contributed by atoms with E-state index in [0.717, 1.165) is 6.26 Å². The normalized spacial score (nSPS) is 10.9. The molecule has 0 aromatic heterocycles. The lowest BCUT2D eigenvalue weighted by molar-refractivity contribution is 0.0961. The average molecular weight is 332 g/mol. The van der Waals surface area contributed by atoms with Crippen molar-refractivity contribution < 1.29 is 18.0 Å². The molecule has 2 amide bonds. The molecule has 2 rings (SSSR count). The van der Waals surface area contributed by atoms with Gasteiger partial charge in [-0.05, 0) is 36.4 Å². The Hall–Kier alpha value is -2.67. The van der Waals surface area contributed by atoms with E-state index in [1.54, 1.807) is 18.2 Å². The molecule has 0 aliphatic heterocycles. The SMILES string of the molecule is CNC(=O)c1cccc(NC(=O)c2cccc(S(C)(=O)=O)c2)c1. The van der Waals surface area contributed by atoms with Crippen LogP contribution in [0.15, 0.2) is 53.4 Å². The summed E-state index contributed by atoms with van der Waals surface area (Å²) in [5, 5.41) is 5.14. The van der Waals surface area contributed by atoms with Crippen molar-refractivity contribution in [1.29, 1.82) is 0 Å². The third-order valence-electron chi connectivity index (χ3n) is 3.13. The Kier molecular flexibility index (Phi) is 4.80. The standard InChI is InChI=1S/C16H16N2O4S/c1-17-15(19)11-5-3-7-13(9-11)18-16(20)12-6-4-8-14(10-12)23(2,21)22/h3-10H,1-2H3,(H,17,19)(H,18,20). The van der Waals surface area contributed by atoms with E-state index in [9.17, 15) is 18.0 Å². The highest BCUT2D eigenvalue weighted by Crippen LogP contribution is 2.15. The lowest BCUT2D eigenvalue weighted by Crippen LogP contribution is -2.18. The van der Waals surface area contributed by atoms with Crippen molar-refractivity contribution in [1.82, 2.24) is 5.32 Å². The summed E-state index contributed by atoms with van der Waals surface area (Å²) in [4.78, 5) is 23.9. The van der Waals surface area contributed by atoms with Crippen molar-refractivity contribution in [2.45, 2.75) is 4.90 Å². The zero-order valence-corrected chi connectivity index (χ0v) is 13.5. The second-order valence-corrected chi connectivity index (χ2v) is 6.93. The molecular weight excluding hydrogens is 316 g/mol. The van der Waals surface area contributed by atoms with E-state index in [-0.39, 0.29) is 16.4 Å². The molecule has 2 N–H and O–H groups in total. The smallest absolute Gasteiger partial charge is 0.255 e. The molecule has 120 valence electrons. The van der Waals surface area contributed by atoms with Crippen molar-refractivity contribution in [3.8, 4) is 0 Å². The first-order chi connectivity index (χ1) is 10.8. The molecule has 0 spiro atoms. The van der Waals surface area contributed by atoms with E-state index in [4.69, 9.17) is 0 Å². The zero-order chi connectivity index (χ0) is 17.0. The summed E-state index contributed by atoms with van der Waals surface area (Å²) in [5.41, 5.74) is 1.08. The minimum atomic E-state index is -3.39. The van der Waals surface area contributed by atoms with Gasteiger partial charge in [-0.3, -0.25) is 9.59 Å². The number of sulfone groups is 1. The summed E-state index contributed by atoms with van der Waals surface area (Å²) in [5.74, 6) is -0.718. The number of benzene rings is 2. The first-order valence-corrected chi connectivity index (χ1v) is 8.64. The molecule has 0 bridgehead atoms. The third kappa shape index (κ3) is 4.17. The van der Waals surface area contributed by atoms with Gasteiger partial charge >= 0.3 is 0 Å². The molecule has 0 atom stereocenters. The van der Waals surface area contributed by atoms with Crippen LogP contribution in [-0.4, -0.2) is 33.5 Å². The Morgan fingerprint density at radius 2 is 1.52 bits per heavy atom. The Morgan fingerprint density at radius 1 is 0.913 bits per heavy atom. The van der Waals surface area contributed by atoms with Gasteiger partial charge < -0.3 is 10.6 Å². The Bertz CT molecular complexity index is 860. The fraction of sp³-hybridized carbons (Fsp3) is 0.125. The van der Waals surface area contributed by atoms with Crippen LogP contribution in [0.3, 0.4) is 0 Å². The molecule has 2 aromatic carbocycles. The maximum absolute atomic E-state index is 12.2. The fourth-order valence-corrected chi connectivity index (χ4v) is 2.62. The van der Waals surface area contributed by atoms with Crippen LogP contribution in [0, 0.1) is 0 Å². The number of rotatable bonds is 4. The number of amides is 2. The number of hydrogen-bond acceptors (Lipinski definition) is 4. The van der Waals surface area contributed by atoms with Gasteiger partial charge in [-0.2, -0.15) is 0 Å². The fourth-order valence-electron chi connectivity index (χ4n) is 1.95. The molecule has 2 aromatic rings. The van der Waals surface area contributed by atoms with Crippen LogP contribution in [0.1, 0.15) is 20.7 Å². The van der Waals surface area contributed by atoms with Crippen molar-refractivity contribution in [2.24, 2.45) is 0 Å². The molecule has 0 aliphatic carbocycles. The van der Waals surface area contributed by atoms with Crippen LogP contribution in [0.5, 0.6) is 0 Å². The predicted molar refractivity (Wildman–Crippen MR) is 87.3 cm³/mol. The summed E-state index contributed by atoms with van der Waals surface area (Å²) in [7, 11) is -1.87. The van der Waals surface area contributed by atoms with Crippen molar-refractivity contribution in [3.63, 3.8) is 0 Å². The summed E-state index contributed by atoms with van der Waals surface area (Å²) < 4.78 is 23.1. The molecular formula is C16H16N2O4S. The summed E-state index contributed by atoms with van der Waals surface area (Å²) >= 11 is 0. The average Bonchev–Trinajstić information content (AvgIpc) is 2.53. The molecule has 0 saturated carbocycles. The maximum atomic E-state index is 12.2. The molecule has 0 radical (unpaired) electrons. The van der Waals surface area contributed by atoms with Crippen molar-refractivity contribution in [3.05, 3.63) is 59.7 Å². The van der Waals surface area contributed by atoms with Crippen LogP contribution in [0.2, 0.25) is 0 Å². The Balaban J connectivity index is 2.25. The number of anilines is 1. The van der Waals surface area contributed by atoms with Gasteiger partial charge in [-0.25, -0.2) is 8.42 Å². The van der Waals surface area contributed by atoms with Gasteiger partial charge in [0.25, 0.3) is 11.8 Å². The van der Waals surface area contributed by atoms with Gasteiger partial charge in [0, 0.05) is 30.1 Å². The Morgan fingerprint density at radius 3 is 2.13 bits per heavy atom. The van der Waals surface area contributed by atoms with Crippen LogP contribution >= 0.6 is 0 Å². The van der Waals surface area contributed by atoms with E-state index in [0.29, 0.717) is 11.3 Å². The molecule has 0 heterocycles. The molecule has 0 saturated heterocycles. The van der Waals surface area contributed by atoms with E-state index in [1.807, 2.05) is 0 Å². The lowest BCUT2D eigenvalue weighted by Gasteiger charge is -2.08. The predicted octanol–water partition coefficient (Wildman–Crippen LogP) is 1.70. The minimum absolute atomic E-state index is 0.0734. The van der Waals surface area contributed by atoms with Crippen LogP contribution in [-0.2, 0) is 9.84 Å². The van der Waals surface area contributed by atoms with Crippen molar-refractivity contribution >= 4 is 27.3 Å². The summed E-state index contributed by atoms with van der Waals surface area (Å²) in [6, 6.07) is 12.2. The topological polar surface area (TPSA) is 92.3 Å². The molecule has 0 unspecified atom stereocenters. The zero-order valence-electron chi connectivity index (χ0n) is 12.7. The summed E-state index contributed by atoms with van der Waals surface area (Å²) in [6.07, 6.45) is 1.08. The van der Waals surface area contributed by atoms with Gasteiger partial charge in [0.1, 0.15) is 0 Å². The number of carbonyl (C=O) groups is 2. The number of carbonyl (C=O) groups excluding carboxylic acids is 2. The first-order valence-electron chi connectivity index (χ1n) is 6.75. The highest BCUT2D eigenvalue weighted by atomic mass is 32.2. The van der Waals surface area contributed by atoms with Gasteiger partial charge in [-0.15, -0.1) is 0 Å². The van der Waals surface area contributed by atoms with Crippen LogP contribution in [0.4, 0.5) is 5.69 Å². The number of hydrogen-bond donors (Lipinski definition) is 2. The highest BCUT2D eigenvalue weighted by Gasteiger charge is 2.12. The van der Waals surface area contributed by atoms with Gasteiger partial charge in [0.2, 0.25) is 0 Å². The van der Waals surface area contributed by atoms with E-state index >= 15 is 0 Å². The maximum Gasteiger partial charge on any atom is 0.255 e. The molecule has 23 heavy (non-hydrogen) atoms. The van der Waals surface area contributed by atoms with E-state index < -0.39 is 15.7 Å². The quantitative estimate of drug-likeness (QED) is 0.891. The second-order valence-electron chi connectivity index (χ2n) is 4.91. The van der Waals surface area contributed by atoms with Crippen LogP contribution in [0.25, 0.3) is 0 Å². The molecule has 0 fully saturated rings. The Labute approximate surface area is 134 Å². The monoisotopic (exact) mass is 332 g/mol. The highest BCUT2D eigenvalue weighted by molar-refractivity contribution is 7.90. The molecule has 6 nitrogen and oxygen atoms in total. The second kappa shape index (κ2) is 6.62. The van der Waals surface area contributed by atoms with Gasteiger partial charge in [0.15, 0.2) is 9.84 Å². The third-order valence-corrected chi connectivity index (χ3v) is 4.24. The minimum Gasteiger partial charge on any atom is -0.355 e. The largest absolute Gasteiger partial charge is 0.355 e. The molecule has 7 heteroatoms. The molecule has 0 aliphatic rings. The van der Waals surface area contributed by atoms with E-state index in [1.165, 1.54) is 37.4 Å². The lowest BCUT2D eigenvalue weighted by atomic mass is 10.1. The number of nitrogens with one attached hydrogen (secondary N) is 2.